The molecule has 1 saturated heterocycles. The number of rotatable bonds is 9. The van der Waals surface area contributed by atoms with Crippen molar-refractivity contribution in [3.05, 3.63) is 43.1 Å². The van der Waals surface area contributed by atoms with Crippen LogP contribution < -0.4 is 20.1 Å². The van der Waals surface area contributed by atoms with Crippen LogP contribution in [0.4, 0.5) is 4.79 Å². The molecule has 3 N–H and O–H groups in total. The van der Waals surface area contributed by atoms with Crippen LogP contribution in [-0.4, -0.2) is 81.8 Å². The molecule has 2 aromatic rings. The summed E-state index contributed by atoms with van der Waals surface area (Å²) in [6, 6.07) is 4.96. The molecular weight excluding hydrogens is 568 g/mol. The number of carbonyl (C=O) groups is 4. The van der Waals surface area contributed by atoms with Crippen LogP contribution in [0.25, 0.3) is 10.9 Å². The van der Waals surface area contributed by atoms with Crippen molar-refractivity contribution in [2.75, 3.05) is 13.7 Å². The second-order valence-electron chi connectivity index (χ2n) is 13.4. The number of alkyl carbamates (subject to hydrolysis) is 1. The molecule has 1 aromatic heterocycles. The number of methoxy groups -OCH3 is 1. The van der Waals surface area contributed by atoms with Gasteiger partial charge < -0.3 is 34.9 Å². The van der Waals surface area contributed by atoms with Gasteiger partial charge in [-0.05, 0) is 50.8 Å². The fourth-order valence-electron chi connectivity index (χ4n) is 5.44. The first kappa shape index (κ1) is 32.6. The van der Waals surface area contributed by atoms with Gasteiger partial charge >= 0.3 is 12.1 Å². The number of nitrogens with one attached hydrogen (secondary N) is 2. The van der Waals surface area contributed by atoms with Gasteiger partial charge in [0.15, 0.2) is 0 Å². The van der Waals surface area contributed by atoms with Crippen LogP contribution >= 0.6 is 0 Å². The number of carbonyl (C=O) groups excluding carboxylic acids is 3. The molecule has 2 heterocycles. The lowest BCUT2D eigenvalue weighted by Crippen LogP contribution is -2.59. The van der Waals surface area contributed by atoms with Crippen LogP contribution in [0.3, 0.4) is 0 Å². The molecule has 1 aliphatic carbocycles. The zero-order valence-corrected chi connectivity index (χ0v) is 26.3. The van der Waals surface area contributed by atoms with E-state index in [1.807, 2.05) is 6.07 Å². The summed E-state index contributed by atoms with van der Waals surface area (Å²) in [5, 5.41) is 16.0. The summed E-state index contributed by atoms with van der Waals surface area (Å²) in [6.45, 7) is 14.2. The van der Waals surface area contributed by atoms with E-state index >= 15 is 0 Å². The number of ether oxygens (including phenoxy) is 3. The SMILES string of the molecule is C=C[C@H]1CC1(NC(=O)[C@@H]1C[C@@H](Oc2ccnc3cc(OC)ccc23)CN1C(=O)[C@@H](NC(=O)OC(C)(C)C)C(C)(C)C)C(=O)O. The van der Waals surface area contributed by atoms with E-state index in [1.54, 1.807) is 73.0 Å². The van der Waals surface area contributed by atoms with Gasteiger partial charge in [-0.2, -0.15) is 0 Å². The number of carboxylic acid groups (broad SMARTS) is 1. The Morgan fingerprint density at radius 1 is 1.16 bits per heavy atom. The fraction of sp³-hybridized carbons (Fsp3) is 0.531. The van der Waals surface area contributed by atoms with Crippen molar-refractivity contribution < 1.29 is 38.5 Å². The maximum absolute atomic E-state index is 14.2. The number of benzene rings is 1. The van der Waals surface area contributed by atoms with Crippen LogP contribution in [-0.2, 0) is 19.1 Å². The molecule has 0 bridgehead atoms. The summed E-state index contributed by atoms with van der Waals surface area (Å²) < 4.78 is 17.1. The zero-order chi connectivity index (χ0) is 32.6. The van der Waals surface area contributed by atoms with E-state index in [-0.39, 0.29) is 19.4 Å². The van der Waals surface area contributed by atoms with Gasteiger partial charge in [-0.1, -0.05) is 26.8 Å². The number of aliphatic carboxylic acids is 1. The number of pyridine rings is 1. The topological polar surface area (TPSA) is 156 Å². The van der Waals surface area contributed by atoms with Crippen molar-refractivity contribution >= 4 is 34.8 Å². The van der Waals surface area contributed by atoms with Gasteiger partial charge in [0.1, 0.15) is 40.8 Å². The predicted molar refractivity (Wildman–Crippen MR) is 162 cm³/mol. The van der Waals surface area contributed by atoms with Gasteiger partial charge in [0.05, 0.1) is 19.2 Å². The quantitative estimate of drug-likeness (QED) is 0.361. The van der Waals surface area contributed by atoms with Crippen LogP contribution in [0, 0.1) is 11.3 Å². The lowest BCUT2D eigenvalue weighted by molar-refractivity contribution is -0.146. The average molecular weight is 611 g/mol. The Morgan fingerprint density at radius 2 is 1.86 bits per heavy atom. The molecule has 0 spiro atoms. The highest BCUT2D eigenvalue weighted by molar-refractivity contribution is 5.96. The number of aromatic nitrogens is 1. The zero-order valence-electron chi connectivity index (χ0n) is 26.3. The number of amides is 3. The second-order valence-corrected chi connectivity index (χ2v) is 13.4. The molecule has 1 unspecified atom stereocenters. The van der Waals surface area contributed by atoms with Gasteiger partial charge in [0.25, 0.3) is 0 Å². The third-order valence-corrected chi connectivity index (χ3v) is 7.85. The fourth-order valence-corrected chi connectivity index (χ4v) is 5.44. The number of carboxylic acids is 1. The van der Waals surface area contributed by atoms with Crippen molar-refractivity contribution in [3.8, 4) is 11.5 Å². The Balaban J connectivity index is 1.65. The Kier molecular flexibility index (Phi) is 8.86. The number of likely N-dealkylation sites (tertiary alicyclic amines) is 1. The lowest BCUT2D eigenvalue weighted by Gasteiger charge is -2.35. The molecule has 238 valence electrons. The monoisotopic (exact) mass is 610 g/mol. The average Bonchev–Trinajstić information content (AvgIpc) is 3.49. The number of hydrogen-bond donors (Lipinski definition) is 3. The third-order valence-electron chi connectivity index (χ3n) is 7.85. The molecule has 2 aliphatic rings. The number of nitrogens with zero attached hydrogens (tertiary/aromatic N) is 2. The largest absolute Gasteiger partial charge is 0.497 e. The van der Waals surface area contributed by atoms with Gasteiger partial charge in [0.2, 0.25) is 11.8 Å². The Labute approximate surface area is 257 Å². The maximum atomic E-state index is 14.2. The number of hydrogen-bond acceptors (Lipinski definition) is 8. The third kappa shape index (κ3) is 6.89. The van der Waals surface area contributed by atoms with Crippen molar-refractivity contribution in [3.63, 3.8) is 0 Å². The molecule has 3 amide bonds. The first-order valence-electron chi connectivity index (χ1n) is 14.6. The molecule has 0 radical (unpaired) electrons. The van der Waals surface area contributed by atoms with E-state index in [2.05, 4.69) is 22.2 Å². The Morgan fingerprint density at radius 3 is 2.43 bits per heavy atom. The summed E-state index contributed by atoms with van der Waals surface area (Å²) in [7, 11) is 1.56. The first-order valence-corrected chi connectivity index (χ1v) is 14.6. The minimum atomic E-state index is -1.48. The van der Waals surface area contributed by atoms with E-state index < -0.39 is 64.5 Å². The van der Waals surface area contributed by atoms with Gasteiger partial charge in [-0.25, -0.2) is 9.59 Å². The smallest absolute Gasteiger partial charge is 0.408 e. The lowest BCUT2D eigenvalue weighted by atomic mass is 9.85. The summed E-state index contributed by atoms with van der Waals surface area (Å²) >= 11 is 0. The highest BCUT2D eigenvalue weighted by atomic mass is 16.6. The molecule has 5 atom stereocenters. The summed E-state index contributed by atoms with van der Waals surface area (Å²) in [5.74, 6) is -1.60. The minimum Gasteiger partial charge on any atom is -0.497 e. The molecule has 1 aliphatic heterocycles. The van der Waals surface area contributed by atoms with E-state index in [4.69, 9.17) is 14.2 Å². The molecule has 1 saturated carbocycles. The van der Waals surface area contributed by atoms with Crippen LogP contribution in [0.5, 0.6) is 11.5 Å². The summed E-state index contributed by atoms with van der Waals surface area (Å²) in [6.07, 6.45) is 2.00. The predicted octanol–water partition coefficient (Wildman–Crippen LogP) is 3.68. The second kappa shape index (κ2) is 12.0. The first-order chi connectivity index (χ1) is 20.5. The standard InChI is InChI=1S/C32H42N4O8/c1-9-18-16-32(18,28(39)40)35-26(37)23-15-20(43-24-12-13-33-22-14-19(42-8)10-11-21(22)24)17-36(23)27(38)25(30(2,3)4)34-29(41)44-31(5,6)7/h9-14,18,20,23,25H,1,15-17H2,2-8H3,(H,34,41)(H,35,37)(H,39,40)/t18-,20+,23-,25+,32?/m0/s1. The normalized spacial score (nSPS) is 23.8. The molecular formula is C32H42N4O8. The van der Waals surface area contributed by atoms with Crippen molar-refractivity contribution in [1.82, 2.24) is 20.5 Å². The maximum Gasteiger partial charge on any atom is 0.408 e. The summed E-state index contributed by atoms with van der Waals surface area (Å²) in [4.78, 5) is 58.6. The molecule has 44 heavy (non-hydrogen) atoms. The molecule has 1 aromatic carbocycles. The molecule has 2 fully saturated rings. The molecule has 4 rings (SSSR count). The van der Waals surface area contributed by atoms with Crippen LogP contribution in [0.2, 0.25) is 0 Å². The van der Waals surface area contributed by atoms with E-state index in [0.29, 0.717) is 17.0 Å². The van der Waals surface area contributed by atoms with E-state index in [9.17, 15) is 24.3 Å². The van der Waals surface area contributed by atoms with Gasteiger partial charge in [-0.15, -0.1) is 6.58 Å². The van der Waals surface area contributed by atoms with Crippen molar-refractivity contribution in [1.29, 1.82) is 0 Å². The summed E-state index contributed by atoms with van der Waals surface area (Å²) in [5.41, 5.74) is -2.39. The molecule has 12 heteroatoms. The van der Waals surface area contributed by atoms with E-state index in [1.165, 1.54) is 11.0 Å². The minimum absolute atomic E-state index is 0.0183. The Bertz CT molecular complexity index is 1460. The molecule has 12 nitrogen and oxygen atoms in total. The van der Waals surface area contributed by atoms with E-state index in [0.717, 1.165) is 5.39 Å². The number of fused-ring (bicyclic) bond motifs is 1. The van der Waals surface area contributed by atoms with Crippen molar-refractivity contribution in [2.24, 2.45) is 11.3 Å². The van der Waals surface area contributed by atoms with Gasteiger partial charge in [0, 0.05) is 30.0 Å². The van der Waals surface area contributed by atoms with Gasteiger partial charge in [-0.3, -0.25) is 14.6 Å². The highest BCUT2D eigenvalue weighted by Crippen LogP contribution is 2.45. The van der Waals surface area contributed by atoms with Crippen molar-refractivity contribution in [2.45, 2.75) is 83.7 Å². The van der Waals surface area contributed by atoms with Crippen LogP contribution in [0.15, 0.2) is 43.1 Å². The highest BCUT2D eigenvalue weighted by Gasteiger charge is 2.61. The Hall–Kier alpha value is -4.35. The van der Waals surface area contributed by atoms with Crippen LogP contribution in [0.1, 0.15) is 54.4 Å².